The molecule has 0 aliphatic carbocycles. The number of rotatable bonds is 8. The van der Waals surface area contributed by atoms with Crippen LogP contribution in [0.1, 0.15) is 42.7 Å². The predicted octanol–water partition coefficient (Wildman–Crippen LogP) is 3.99. The van der Waals surface area contributed by atoms with Crippen molar-refractivity contribution in [3.8, 4) is 0 Å². The molecule has 1 N–H and O–H groups in total. The van der Waals surface area contributed by atoms with Crippen molar-refractivity contribution >= 4 is 23.4 Å². The van der Waals surface area contributed by atoms with Gasteiger partial charge in [-0.05, 0) is 36.1 Å². The Labute approximate surface area is 165 Å². The largest absolute Gasteiger partial charge is 0.356 e. The van der Waals surface area contributed by atoms with Gasteiger partial charge in [-0.25, -0.2) is 0 Å². The van der Waals surface area contributed by atoms with Crippen LogP contribution in [0.2, 0.25) is 5.02 Å². The molecule has 1 aliphatic heterocycles. The summed E-state index contributed by atoms with van der Waals surface area (Å²) in [5.74, 6) is 0.202. The van der Waals surface area contributed by atoms with Gasteiger partial charge in [0.1, 0.15) is 0 Å². The second-order valence-electron chi connectivity index (χ2n) is 6.91. The Morgan fingerprint density at radius 3 is 2.59 bits per heavy atom. The zero-order valence-corrected chi connectivity index (χ0v) is 16.1. The zero-order chi connectivity index (χ0) is 19.1. The van der Waals surface area contributed by atoms with Crippen molar-refractivity contribution < 1.29 is 9.59 Å². The first-order chi connectivity index (χ1) is 13.1. The van der Waals surface area contributed by atoms with E-state index in [1.54, 1.807) is 0 Å². The molecule has 5 heteroatoms. The number of amides is 2. The number of benzene rings is 2. The molecule has 27 heavy (non-hydrogen) atoms. The lowest BCUT2D eigenvalue weighted by Crippen LogP contribution is -2.31. The minimum absolute atomic E-state index is 0.0107. The van der Waals surface area contributed by atoms with E-state index in [4.69, 9.17) is 11.6 Å². The molecule has 1 heterocycles. The average Bonchev–Trinajstić information content (AvgIpc) is 3.09. The van der Waals surface area contributed by atoms with E-state index < -0.39 is 0 Å². The van der Waals surface area contributed by atoms with E-state index in [1.165, 1.54) is 0 Å². The second-order valence-corrected chi connectivity index (χ2v) is 7.35. The minimum atomic E-state index is -0.0370. The van der Waals surface area contributed by atoms with Crippen LogP contribution in [0, 0.1) is 0 Å². The molecule has 0 radical (unpaired) electrons. The number of carbonyl (C=O) groups excluding carboxylic acids is 2. The zero-order valence-electron chi connectivity index (χ0n) is 15.4. The lowest BCUT2D eigenvalue weighted by atomic mass is 9.88. The second kappa shape index (κ2) is 9.56. The molecule has 0 saturated carbocycles. The maximum atomic E-state index is 12.5. The maximum absolute atomic E-state index is 12.5. The van der Waals surface area contributed by atoms with Crippen molar-refractivity contribution in [2.24, 2.45) is 0 Å². The van der Waals surface area contributed by atoms with Gasteiger partial charge in [-0.15, -0.1) is 0 Å². The Morgan fingerprint density at radius 1 is 1.11 bits per heavy atom. The number of hydrogen-bond donors (Lipinski definition) is 1. The maximum Gasteiger partial charge on any atom is 0.222 e. The summed E-state index contributed by atoms with van der Waals surface area (Å²) in [5, 5.41) is 3.67. The normalized spacial score (nSPS) is 15.0. The van der Waals surface area contributed by atoms with E-state index in [0.717, 1.165) is 37.1 Å². The van der Waals surface area contributed by atoms with Crippen LogP contribution in [0.3, 0.4) is 0 Å². The molecule has 1 fully saturated rings. The van der Waals surface area contributed by atoms with Gasteiger partial charge in [0.15, 0.2) is 0 Å². The van der Waals surface area contributed by atoms with Gasteiger partial charge in [-0.3, -0.25) is 9.59 Å². The number of nitrogens with zero attached hydrogens (tertiary/aromatic N) is 1. The highest BCUT2D eigenvalue weighted by atomic mass is 35.5. The van der Waals surface area contributed by atoms with E-state index in [1.807, 2.05) is 59.5 Å². The standard InChI is InChI=1S/C22H25ClN2O2/c23-19-10-4-9-18(15-19)20(17-7-2-1-3-8-17)16-21(26)24-12-6-14-25-13-5-11-22(25)27/h1-4,7-10,15,20H,5-6,11-14,16H2,(H,24,26)/t20-/m0/s1. The molecule has 1 atom stereocenters. The summed E-state index contributed by atoms with van der Waals surface area (Å²) in [4.78, 5) is 26.0. The summed E-state index contributed by atoms with van der Waals surface area (Å²) < 4.78 is 0. The van der Waals surface area contributed by atoms with Gasteiger partial charge in [0.25, 0.3) is 0 Å². The van der Waals surface area contributed by atoms with Crippen LogP contribution in [0.15, 0.2) is 54.6 Å². The van der Waals surface area contributed by atoms with E-state index in [0.29, 0.717) is 24.4 Å². The van der Waals surface area contributed by atoms with E-state index in [-0.39, 0.29) is 17.7 Å². The Hall–Kier alpha value is -2.33. The van der Waals surface area contributed by atoms with Crippen LogP contribution in [0.25, 0.3) is 0 Å². The van der Waals surface area contributed by atoms with Gasteiger partial charge in [-0.2, -0.15) is 0 Å². The third-order valence-electron chi connectivity index (χ3n) is 4.94. The van der Waals surface area contributed by atoms with Crippen LogP contribution >= 0.6 is 11.6 Å². The van der Waals surface area contributed by atoms with Crippen LogP contribution in [-0.2, 0) is 9.59 Å². The van der Waals surface area contributed by atoms with Crippen LogP contribution in [-0.4, -0.2) is 36.3 Å². The van der Waals surface area contributed by atoms with Crippen molar-refractivity contribution in [3.63, 3.8) is 0 Å². The fraction of sp³-hybridized carbons (Fsp3) is 0.364. The van der Waals surface area contributed by atoms with E-state index in [2.05, 4.69) is 5.32 Å². The molecular weight excluding hydrogens is 360 g/mol. The highest BCUT2D eigenvalue weighted by Crippen LogP contribution is 2.29. The number of nitrogens with one attached hydrogen (secondary N) is 1. The van der Waals surface area contributed by atoms with E-state index in [9.17, 15) is 9.59 Å². The van der Waals surface area contributed by atoms with Crippen molar-refractivity contribution in [3.05, 3.63) is 70.7 Å². The first kappa shape index (κ1) is 19.4. The molecule has 1 aliphatic rings. The topological polar surface area (TPSA) is 49.4 Å². The van der Waals surface area contributed by atoms with Crippen molar-refractivity contribution in [1.29, 1.82) is 0 Å². The minimum Gasteiger partial charge on any atom is -0.356 e. The van der Waals surface area contributed by atoms with Crippen LogP contribution in [0.5, 0.6) is 0 Å². The number of likely N-dealkylation sites (tertiary alicyclic amines) is 1. The van der Waals surface area contributed by atoms with Gasteiger partial charge in [0.2, 0.25) is 11.8 Å². The quantitative estimate of drug-likeness (QED) is 0.699. The highest BCUT2D eigenvalue weighted by molar-refractivity contribution is 6.30. The molecule has 2 aromatic carbocycles. The lowest BCUT2D eigenvalue weighted by Gasteiger charge is -2.19. The van der Waals surface area contributed by atoms with Crippen LogP contribution in [0.4, 0.5) is 0 Å². The molecule has 1 saturated heterocycles. The van der Waals surface area contributed by atoms with Gasteiger partial charge in [0, 0.05) is 43.4 Å². The van der Waals surface area contributed by atoms with Crippen molar-refractivity contribution in [2.45, 2.75) is 31.6 Å². The van der Waals surface area contributed by atoms with E-state index >= 15 is 0 Å². The summed E-state index contributed by atoms with van der Waals surface area (Å²) >= 11 is 6.16. The Kier molecular flexibility index (Phi) is 6.88. The first-order valence-corrected chi connectivity index (χ1v) is 9.86. The smallest absolute Gasteiger partial charge is 0.222 e. The summed E-state index contributed by atoms with van der Waals surface area (Å²) in [6.45, 7) is 2.15. The predicted molar refractivity (Wildman–Crippen MR) is 108 cm³/mol. The Morgan fingerprint density at radius 2 is 1.89 bits per heavy atom. The third kappa shape index (κ3) is 5.57. The SMILES string of the molecule is O=C(C[C@@H](c1ccccc1)c1cccc(Cl)c1)NCCCN1CCCC1=O. The fourth-order valence-electron chi connectivity index (χ4n) is 3.53. The van der Waals surface area contributed by atoms with Crippen LogP contribution < -0.4 is 5.32 Å². The molecule has 0 unspecified atom stereocenters. The molecule has 0 bridgehead atoms. The number of halogens is 1. The first-order valence-electron chi connectivity index (χ1n) is 9.48. The fourth-order valence-corrected chi connectivity index (χ4v) is 3.73. The summed E-state index contributed by atoms with van der Waals surface area (Å²) in [6, 6.07) is 17.7. The average molecular weight is 385 g/mol. The number of carbonyl (C=O) groups is 2. The molecule has 142 valence electrons. The molecule has 0 aromatic heterocycles. The monoisotopic (exact) mass is 384 g/mol. The summed E-state index contributed by atoms with van der Waals surface area (Å²) in [7, 11) is 0. The Bertz CT molecular complexity index is 779. The third-order valence-corrected chi connectivity index (χ3v) is 5.18. The molecule has 2 amide bonds. The molecule has 2 aromatic rings. The Balaban J connectivity index is 1.57. The van der Waals surface area contributed by atoms with Gasteiger partial charge in [0.05, 0.1) is 0 Å². The molecular formula is C22H25ClN2O2. The van der Waals surface area contributed by atoms with Crippen molar-refractivity contribution in [1.82, 2.24) is 10.2 Å². The highest BCUT2D eigenvalue weighted by Gasteiger charge is 2.20. The van der Waals surface area contributed by atoms with Gasteiger partial charge in [-0.1, -0.05) is 54.1 Å². The summed E-state index contributed by atoms with van der Waals surface area (Å²) in [6.07, 6.45) is 2.76. The lowest BCUT2D eigenvalue weighted by molar-refractivity contribution is -0.127. The van der Waals surface area contributed by atoms with Gasteiger partial charge >= 0.3 is 0 Å². The molecule has 0 spiro atoms. The number of hydrogen-bond acceptors (Lipinski definition) is 2. The molecule has 3 rings (SSSR count). The van der Waals surface area contributed by atoms with Gasteiger partial charge < -0.3 is 10.2 Å². The van der Waals surface area contributed by atoms with Crippen molar-refractivity contribution in [2.75, 3.05) is 19.6 Å². The summed E-state index contributed by atoms with van der Waals surface area (Å²) in [5.41, 5.74) is 2.13. The molecule has 4 nitrogen and oxygen atoms in total.